The van der Waals surface area contributed by atoms with Crippen LogP contribution in [0.3, 0.4) is 0 Å². The topological polar surface area (TPSA) is 0 Å². The average Bonchev–Trinajstić information content (AvgIpc) is 2.44. The second-order valence-electron chi connectivity index (χ2n) is 3.93. The molecular formula is C12H13ClS. The molecule has 0 nitrogen and oxygen atoms in total. The van der Waals surface area contributed by atoms with Crippen molar-refractivity contribution in [2.75, 3.05) is 0 Å². The van der Waals surface area contributed by atoms with Crippen LogP contribution in [0.4, 0.5) is 0 Å². The number of hydrogen-bond acceptors (Lipinski definition) is 1. The Morgan fingerprint density at radius 1 is 1.29 bits per heavy atom. The molecule has 0 fully saturated rings. The van der Waals surface area contributed by atoms with Gasteiger partial charge >= 0.3 is 0 Å². The first kappa shape index (κ1) is 10.0. The lowest BCUT2D eigenvalue weighted by Gasteiger charge is -2.01. The summed E-state index contributed by atoms with van der Waals surface area (Å²) in [4.78, 5) is 1.32. The summed E-state index contributed by atoms with van der Waals surface area (Å²) in [5.74, 6) is 0.667. The van der Waals surface area contributed by atoms with E-state index in [1.165, 1.54) is 15.0 Å². The summed E-state index contributed by atoms with van der Waals surface area (Å²) in [5, 5.41) is 2.16. The van der Waals surface area contributed by atoms with Gasteiger partial charge in [0.05, 0.1) is 5.02 Å². The summed E-state index contributed by atoms with van der Waals surface area (Å²) in [5.41, 5.74) is 0. The molecule has 0 amide bonds. The van der Waals surface area contributed by atoms with Crippen LogP contribution in [0.5, 0.6) is 0 Å². The van der Waals surface area contributed by atoms with E-state index >= 15 is 0 Å². The third-order valence-electron chi connectivity index (χ3n) is 2.20. The van der Waals surface area contributed by atoms with Gasteiger partial charge in [-0.2, -0.15) is 0 Å². The molecule has 0 saturated heterocycles. The monoisotopic (exact) mass is 224 g/mol. The molecule has 1 aromatic carbocycles. The molecule has 14 heavy (non-hydrogen) atoms. The second kappa shape index (κ2) is 3.92. The lowest BCUT2D eigenvalue weighted by Crippen LogP contribution is -1.90. The highest BCUT2D eigenvalue weighted by Gasteiger charge is 2.10. The van der Waals surface area contributed by atoms with Gasteiger partial charge in [-0.05, 0) is 18.4 Å². The molecule has 0 atom stereocenters. The predicted molar refractivity (Wildman–Crippen MR) is 65.4 cm³/mol. The highest BCUT2D eigenvalue weighted by atomic mass is 35.5. The number of hydrogen-bond donors (Lipinski definition) is 0. The van der Waals surface area contributed by atoms with Gasteiger partial charge in [-0.15, -0.1) is 11.3 Å². The summed E-state index contributed by atoms with van der Waals surface area (Å²) in [6.07, 6.45) is 1.08. The molecule has 0 aliphatic rings. The Labute approximate surface area is 93.5 Å². The Morgan fingerprint density at radius 2 is 2.00 bits per heavy atom. The normalized spacial score (nSPS) is 11.4. The number of thiophene rings is 1. The average molecular weight is 225 g/mol. The van der Waals surface area contributed by atoms with Crippen molar-refractivity contribution in [2.45, 2.75) is 20.3 Å². The molecule has 0 spiro atoms. The van der Waals surface area contributed by atoms with Gasteiger partial charge in [0.15, 0.2) is 0 Å². The maximum Gasteiger partial charge on any atom is 0.0623 e. The van der Waals surface area contributed by atoms with Crippen LogP contribution in [0.15, 0.2) is 24.3 Å². The van der Waals surface area contributed by atoms with Crippen molar-refractivity contribution >= 4 is 33.0 Å². The third-order valence-corrected chi connectivity index (χ3v) is 3.93. The highest BCUT2D eigenvalue weighted by Crippen LogP contribution is 2.36. The van der Waals surface area contributed by atoms with Gasteiger partial charge in [-0.3, -0.25) is 0 Å². The third kappa shape index (κ3) is 1.79. The molecule has 1 heterocycles. The zero-order valence-electron chi connectivity index (χ0n) is 8.38. The van der Waals surface area contributed by atoms with E-state index in [9.17, 15) is 0 Å². The molecule has 0 unspecified atom stereocenters. The summed E-state index contributed by atoms with van der Waals surface area (Å²) < 4.78 is 1.30. The zero-order valence-corrected chi connectivity index (χ0v) is 9.95. The maximum atomic E-state index is 6.31. The molecule has 1 aromatic heterocycles. The van der Waals surface area contributed by atoms with Crippen molar-refractivity contribution in [3.05, 3.63) is 34.2 Å². The molecule has 0 aliphatic carbocycles. The lowest BCUT2D eigenvalue weighted by atomic mass is 10.1. The first-order valence-electron chi connectivity index (χ1n) is 4.84. The Balaban J connectivity index is 2.51. The largest absolute Gasteiger partial charge is 0.139 e. The molecule has 2 aromatic rings. The number of fused-ring (bicyclic) bond motifs is 1. The standard InChI is InChI=1S/C12H13ClS/c1-8(2)7-11-12(13)9-5-3-4-6-10(9)14-11/h3-6,8H,7H2,1-2H3. The molecule has 74 valence electrons. The van der Waals surface area contributed by atoms with E-state index in [1.807, 2.05) is 17.4 Å². The van der Waals surface area contributed by atoms with Gasteiger partial charge in [0.2, 0.25) is 0 Å². The highest BCUT2D eigenvalue weighted by molar-refractivity contribution is 7.19. The van der Waals surface area contributed by atoms with Crippen LogP contribution in [0.1, 0.15) is 18.7 Å². The van der Waals surface area contributed by atoms with Gasteiger partial charge in [0.25, 0.3) is 0 Å². The van der Waals surface area contributed by atoms with E-state index < -0.39 is 0 Å². The Morgan fingerprint density at radius 3 is 2.64 bits per heavy atom. The molecule has 0 aliphatic heterocycles. The van der Waals surface area contributed by atoms with Gasteiger partial charge in [0, 0.05) is 15.0 Å². The van der Waals surface area contributed by atoms with Crippen LogP contribution < -0.4 is 0 Å². The van der Waals surface area contributed by atoms with Gasteiger partial charge in [-0.1, -0.05) is 43.6 Å². The van der Waals surface area contributed by atoms with Crippen LogP contribution in [0.2, 0.25) is 5.02 Å². The lowest BCUT2D eigenvalue weighted by molar-refractivity contribution is 0.654. The van der Waals surface area contributed by atoms with Crippen LogP contribution >= 0.6 is 22.9 Å². The summed E-state index contributed by atoms with van der Waals surface area (Å²) >= 11 is 8.13. The van der Waals surface area contributed by atoms with E-state index in [0.29, 0.717) is 5.92 Å². The van der Waals surface area contributed by atoms with Crippen molar-refractivity contribution in [3.63, 3.8) is 0 Å². The SMILES string of the molecule is CC(C)Cc1sc2ccccc2c1Cl. The zero-order chi connectivity index (χ0) is 10.1. The predicted octanol–water partition coefficient (Wildman–Crippen LogP) is 4.75. The van der Waals surface area contributed by atoms with Crippen molar-refractivity contribution < 1.29 is 0 Å². The summed E-state index contributed by atoms with van der Waals surface area (Å²) in [6.45, 7) is 4.45. The summed E-state index contributed by atoms with van der Waals surface area (Å²) in [6, 6.07) is 8.34. The van der Waals surface area contributed by atoms with E-state index in [-0.39, 0.29) is 0 Å². The smallest absolute Gasteiger partial charge is 0.0623 e. The van der Waals surface area contributed by atoms with Gasteiger partial charge < -0.3 is 0 Å². The minimum atomic E-state index is 0.667. The van der Waals surface area contributed by atoms with E-state index in [4.69, 9.17) is 11.6 Å². The minimum absolute atomic E-state index is 0.667. The molecular weight excluding hydrogens is 212 g/mol. The molecule has 2 heteroatoms. The molecule has 0 saturated carbocycles. The van der Waals surface area contributed by atoms with Crippen molar-refractivity contribution in [1.82, 2.24) is 0 Å². The maximum absolute atomic E-state index is 6.31. The minimum Gasteiger partial charge on any atom is -0.139 e. The first-order valence-corrected chi connectivity index (χ1v) is 6.04. The fraction of sp³-hybridized carbons (Fsp3) is 0.333. The first-order chi connectivity index (χ1) is 6.68. The van der Waals surface area contributed by atoms with Crippen molar-refractivity contribution in [3.8, 4) is 0 Å². The van der Waals surface area contributed by atoms with E-state index in [0.717, 1.165) is 11.4 Å². The van der Waals surface area contributed by atoms with Crippen molar-refractivity contribution in [1.29, 1.82) is 0 Å². The van der Waals surface area contributed by atoms with Crippen molar-refractivity contribution in [2.24, 2.45) is 5.92 Å². The number of benzene rings is 1. The fourth-order valence-electron chi connectivity index (χ4n) is 1.57. The van der Waals surface area contributed by atoms with Crippen LogP contribution in [0, 0.1) is 5.92 Å². The molecule has 2 rings (SSSR count). The molecule has 0 N–H and O–H groups in total. The molecule has 0 bridgehead atoms. The number of halogens is 1. The quantitative estimate of drug-likeness (QED) is 0.691. The summed E-state index contributed by atoms with van der Waals surface area (Å²) in [7, 11) is 0. The molecule has 0 radical (unpaired) electrons. The fourth-order valence-corrected chi connectivity index (χ4v) is 3.29. The second-order valence-corrected chi connectivity index (χ2v) is 5.45. The van der Waals surface area contributed by atoms with Gasteiger partial charge in [0.1, 0.15) is 0 Å². The Hall–Kier alpha value is -0.530. The van der Waals surface area contributed by atoms with Crippen LogP contribution in [-0.4, -0.2) is 0 Å². The van der Waals surface area contributed by atoms with E-state index in [1.54, 1.807) is 0 Å². The van der Waals surface area contributed by atoms with E-state index in [2.05, 4.69) is 32.0 Å². The Kier molecular flexibility index (Phi) is 2.80. The number of rotatable bonds is 2. The van der Waals surface area contributed by atoms with Crippen LogP contribution in [0.25, 0.3) is 10.1 Å². The van der Waals surface area contributed by atoms with Gasteiger partial charge in [-0.25, -0.2) is 0 Å². The Bertz CT molecular complexity index is 443. The van der Waals surface area contributed by atoms with Crippen LogP contribution in [-0.2, 0) is 6.42 Å².